The Morgan fingerprint density at radius 3 is 2.28 bits per heavy atom. The molecule has 0 unspecified atom stereocenters. The molecule has 0 atom stereocenters. The molecule has 1 aliphatic rings. The monoisotopic (exact) mass is 341 g/mol. The van der Waals surface area contributed by atoms with E-state index < -0.39 is 0 Å². The summed E-state index contributed by atoms with van der Waals surface area (Å²) in [4.78, 5) is 16.6. The molecule has 1 amide bonds. The minimum absolute atomic E-state index is 0.0383. The number of carbonyl (C=O) groups is 1. The number of rotatable bonds is 5. The number of phenols is 1. The fourth-order valence-corrected chi connectivity index (χ4v) is 2.91. The van der Waals surface area contributed by atoms with Crippen molar-refractivity contribution < 1.29 is 14.6 Å². The Bertz CT molecular complexity index is 693. The average molecular weight is 341 g/mol. The van der Waals surface area contributed by atoms with Crippen molar-refractivity contribution in [1.29, 1.82) is 0 Å². The van der Waals surface area contributed by atoms with Gasteiger partial charge in [-0.1, -0.05) is 0 Å². The fourth-order valence-electron chi connectivity index (χ4n) is 2.91. The van der Waals surface area contributed by atoms with E-state index in [1.807, 2.05) is 12.1 Å². The Balaban J connectivity index is 1.46. The van der Waals surface area contributed by atoms with Crippen LogP contribution in [0.4, 0.5) is 11.4 Å². The third kappa shape index (κ3) is 4.64. The van der Waals surface area contributed by atoms with Gasteiger partial charge in [-0.25, -0.2) is 0 Å². The van der Waals surface area contributed by atoms with Crippen LogP contribution in [0, 0.1) is 0 Å². The summed E-state index contributed by atoms with van der Waals surface area (Å²) in [6.07, 6.45) is 0. The van der Waals surface area contributed by atoms with Crippen molar-refractivity contribution in [3.05, 3.63) is 48.5 Å². The Morgan fingerprint density at radius 2 is 1.68 bits per heavy atom. The number of piperazine rings is 1. The predicted molar refractivity (Wildman–Crippen MR) is 98.4 cm³/mol. The first-order valence-corrected chi connectivity index (χ1v) is 8.34. The smallest absolute Gasteiger partial charge is 0.238 e. The van der Waals surface area contributed by atoms with E-state index in [1.165, 1.54) is 5.69 Å². The predicted octanol–water partition coefficient (Wildman–Crippen LogP) is 2.16. The van der Waals surface area contributed by atoms with Crippen molar-refractivity contribution in [2.24, 2.45) is 0 Å². The summed E-state index contributed by atoms with van der Waals surface area (Å²) in [6, 6.07) is 14.5. The summed E-state index contributed by atoms with van der Waals surface area (Å²) in [5, 5.41) is 12.1. The van der Waals surface area contributed by atoms with Crippen LogP contribution in [0.25, 0.3) is 0 Å². The van der Waals surface area contributed by atoms with E-state index in [0.29, 0.717) is 12.2 Å². The lowest BCUT2D eigenvalue weighted by Crippen LogP contribution is -2.48. The highest BCUT2D eigenvalue weighted by atomic mass is 16.5. The molecule has 1 heterocycles. The summed E-state index contributed by atoms with van der Waals surface area (Å²) >= 11 is 0. The van der Waals surface area contributed by atoms with Crippen LogP contribution in [-0.4, -0.2) is 55.7 Å². The van der Waals surface area contributed by atoms with Crippen molar-refractivity contribution in [2.75, 3.05) is 50.1 Å². The summed E-state index contributed by atoms with van der Waals surface area (Å²) in [5.74, 6) is 1.00. The molecular formula is C19H23N3O3. The van der Waals surface area contributed by atoms with Gasteiger partial charge in [0, 0.05) is 37.6 Å². The number of ether oxygens (including phenoxy) is 1. The van der Waals surface area contributed by atoms with Gasteiger partial charge in [0.1, 0.15) is 11.5 Å². The molecule has 132 valence electrons. The molecule has 1 aliphatic heterocycles. The molecule has 0 aliphatic carbocycles. The van der Waals surface area contributed by atoms with Crippen LogP contribution in [-0.2, 0) is 4.79 Å². The number of hydrogen-bond donors (Lipinski definition) is 2. The Morgan fingerprint density at radius 1 is 1.04 bits per heavy atom. The SMILES string of the molecule is COc1ccc(N2CCN(CC(=O)Nc3ccc(O)cc3)CC2)cc1. The lowest BCUT2D eigenvalue weighted by Gasteiger charge is -2.35. The van der Waals surface area contributed by atoms with Crippen LogP contribution >= 0.6 is 0 Å². The topological polar surface area (TPSA) is 65.0 Å². The molecule has 6 heteroatoms. The lowest BCUT2D eigenvalue weighted by molar-refractivity contribution is -0.117. The fraction of sp³-hybridized carbons (Fsp3) is 0.316. The number of carbonyl (C=O) groups excluding carboxylic acids is 1. The number of amides is 1. The number of benzene rings is 2. The highest BCUT2D eigenvalue weighted by molar-refractivity contribution is 5.92. The Hall–Kier alpha value is -2.73. The molecule has 0 bridgehead atoms. The average Bonchev–Trinajstić information content (AvgIpc) is 2.64. The van der Waals surface area contributed by atoms with E-state index in [1.54, 1.807) is 31.4 Å². The zero-order valence-corrected chi connectivity index (χ0v) is 14.3. The number of anilines is 2. The lowest BCUT2D eigenvalue weighted by atomic mass is 10.2. The van der Waals surface area contributed by atoms with Crippen LogP contribution < -0.4 is 15.0 Å². The first-order chi connectivity index (χ1) is 12.1. The van der Waals surface area contributed by atoms with Crippen molar-refractivity contribution in [2.45, 2.75) is 0 Å². The van der Waals surface area contributed by atoms with Gasteiger partial charge in [0.25, 0.3) is 0 Å². The molecule has 0 radical (unpaired) electrons. The van der Waals surface area contributed by atoms with E-state index in [-0.39, 0.29) is 11.7 Å². The maximum Gasteiger partial charge on any atom is 0.238 e. The van der Waals surface area contributed by atoms with Crippen LogP contribution in [0.1, 0.15) is 0 Å². The van der Waals surface area contributed by atoms with Crippen molar-refractivity contribution in [3.8, 4) is 11.5 Å². The van der Waals surface area contributed by atoms with Crippen LogP contribution in [0.15, 0.2) is 48.5 Å². The molecule has 2 N–H and O–H groups in total. The van der Waals surface area contributed by atoms with E-state index in [4.69, 9.17) is 4.74 Å². The minimum Gasteiger partial charge on any atom is -0.508 e. The normalized spacial score (nSPS) is 15.0. The number of hydrogen-bond acceptors (Lipinski definition) is 5. The summed E-state index contributed by atoms with van der Waals surface area (Å²) in [5.41, 5.74) is 1.87. The van der Waals surface area contributed by atoms with Crippen LogP contribution in [0.2, 0.25) is 0 Å². The summed E-state index contributed by atoms with van der Waals surface area (Å²) < 4.78 is 5.19. The van der Waals surface area contributed by atoms with Crippen molar-refractivity contribution in [3.63, 3.8) is 0 Å². The van der Waals surface area contributed by atoms with E-state index >= 15 is 0 Å². The third-order valence-corrected chi connectivity index (χ3v) is 4.33. The molecule has 2 aromatic rings. The summed E-state index contributed by atoms with van der Waals surface area (Å²) in [6.45, 7) is 3.83. The van der Waals surface area contributed by atoms with Gasteiger partial charge in [-0.05, 0) is 48.5 Å². The van der Waals surface area contributed by atoms with Gasteiger partial charge in [-0.15, -0.1) is 0 Å². The molecule has 2 aromatic carbocycles. The highest BCUT2D eigenvalue weighted by Gasteiger charge is 2.19. The molecule has 0 aromatic heterocycles. The Kier molecular flexibility index (Phi) is 5.40. The van der Waals surface area contributed by atoms with Gasteiger partial charge in [0.05, 0.1) is 13.7 Å². The second-order valence-electron chi connectivity index (χ2n) is 6.06. The standard InChI is InChI=1S/C19H23N3O3/c1-25-18-8-4-16(5-9-18)22-12-10-21(11-13-22)14-19(24)20-15-2-6-17(23)7-3-15/h2-9,23H,10-14H2,1H3,(H,20,24). The third-order valence-electron chi connectivity index (χ3n) is 4.33. The zero-order chi connectivity index (χ0) is 17.6. The van der Waals surface area contributed by atoms with Crippen LogP contribution in [0.5, 0.6) is 11.5 Å². The number of aromatic hydroxyl groups is 1. The molecule has 3 rings (SSSR count). The maximum atomic E-state index is 12.1. The molecule has 0 spiro atoms. The van der Waals surface area contributed by atoms with E-state index in [9.17, 15) is 9.90 Å². The number of methoxy groups -OCH3 is 1. The minimum atomic E-state index is -0.0383. The molecule has 1 saturated heterocycles. The summed E-state index contributed by atoms with van der Waals surface area (Å²) in [7, 11) is 1.66. The molecular weight excluding hydrogens is 318 g/mol. The molecule has 6 nitrogen and oxygen atoms in total. The molecule has 0 saturated carbocycles. The van der Waals surface area contributed by atoms with Gasteiger partial charge < -0.3 is 20.1 Å². The first-order valence-electron chi connectivity index (χ1n) is 8.34. The maximum absolute atomic E-state index is 12.1. The molecule has 1 fully saturated rings. The van der Waals surface area contributed by atoms with Crippen LogP contribution in [0.3, 0.4) is 0 Å². The van der Waals surface area contributed by atoms with Gasteiger partial charge >= 0.3 is 0 Å². The largest absolute Gasteiger partial charge is 0.508 e. The number of phenolic OH excluding ortho intramolecular Hbond substituents is 1. The van der Waals surface area contributed by atoms with Gasteiger partial charge in [0.2, 0.25) is 5.91 Å². The van der Waals surface area contributed by atoms with Gasteiger partial charge in [0.15, 0.2) is 0 Å². The quantitative estimate of drug-likeness (QED) is 0.816. The van der Waals surface area contributed by atoms with Gasteiger partial charge in [-0.2, -0.15) is 0 Å². The first kappa shape index (κ1) is 17.1. The highest BCUT2D eigenvalue weighted by Crippen LogP contribution is 2.20. The number of nitrogens with one attached hydrogen (secondary N) is 1. The zero-order valence-electron chi connectivity index (χ0n) is 14.3. The molecule has 25 heavy (non-hydrogen) atoms. The van der Waals surface area contributed by atoms with Gasteiger partial charge in [-0.3, -0.25) is 9.69 Å². The van der Waals surface area contributed by atoms with Crippen molar-refractivity contribution in [1.82, 2.24) is 4.90 Å². The van der Waals surface area contributed by atoms with E-state index in [2.05, 4.69) is 27.2 Å². The second-order valence-corrected chi connectivity index (χ2v) is 6.06. The van der Waals surface area contributed by atoms with Crippen molar-refractivity contribution >= 4 is 17.3 Å². The second kappa shape index (κ2) is 7.90. The number of nitrogens with zero attached hydrogens (tertiary/aromatic N) is 2. The van der Waals surface area contributed by atoms with E-state index in [0.717, 1.165) is 31.9 Å². The Labute approximate surface area is 147 Å².